The van der Waals surface area contributed by atoms with E-state index in [0.29, 0.717) is 54.2 Å². The summed E-state index contributed by atoms with van der Waals surface area (Å²) in [6.07, 6.45) is 2.84. The Labute approximate surface area is 195 Å². The highest BCUT2D eigenvalue weighted by atomic mass is 35.5. The molecule has 1 saturated heterocycles. The number of carbonyl (C=O) groups excluding carboxylic acids is 1. The van der Waals surface area contributed by atoms with Crippen LogP contribution in [0.15, 0.2) is 59.0 Å². The van der Waals surface area contributed by atoms with Crippen LogP contribution in [0.3, 0.4) is 0 Å². The first-order valence-corrected chi connectivity index (χ1v) is 10.7. The van der Waals surface area contributed by atoms with Gasteiger partial charge in [0.1, 0.15) is 17.2 Å². The van der Waals surface area contributed by atoms with Crippen molar-refractivity contribution in [3.05, 3.63) is 81.1 Å². The molecule has 2 heterocycles. The van der Waals surface area contributed by atoms with Crippen molar-refractivity contribution < 1.29 is 18.9 Å². The zero-order chi connectivity index (χ0) is 23.4. The lowest BCUT2D eigenvalue weighted by atomic mass is 10.1. The molecule has 1 amide bonds. The SMILES string of the molecule is Cc1ccc(-c2ccc(/C=C/C(=O)Nc3ccc(N4CCOCC4)c([N+](=O)[O-])c3)o2)cc1Cl. The van der Waals surface area contributed by atoms with E-state index >= 15 is 0 Å². The van der Waals surface area contributed by atoms with Crippen molar-refractivity contribution in [2.45, 2.75) is 6.92 Å². The van der Waals surface area contributed by atoms with Crippen LogP contribution >= 0.6 is 11.6 Å². The highest BCUT2D eigenvalue weighted by molar-refractivity contribution is 6.31. The van der Waals surface area contributed by atoms with Crippen molar-refractivity contribution >= 4 is 40.6 Å². The molecule has 4 rings (SSSR count). The number of amides is 1. The molecule has 0 aliphatic carbocycles. The van der Waals surface area contributed by atoms with E-state index in [1.54, 1.807) is 24.3 Å². The summed E-state index contributed by atoms with van der Waals surface area (Å²) in [5.41, 5.74) is 2.59. The Morgan fingerprint density at radius 2 is 1.94 bits per heavy atom. The highest BCUT2D eigenvalue weighted by Crippen LogP contribution is 2.32. The van der Waals surface area contributed by atoms with E-state index in [0.717, 1.165) is 11.1 Å². The van der Waals surface area contributed by atoms with Gasteiger partial charge in [-0.15, -0.1) is 0 Å². The lowest BCUT2D eigenvalue weighted by molar-refractivity contribution is -0.384. The topological polar surface area (TPSA) is 97.9 Å². The number of nitro benzene ring substituents is 1. The molecule has 0 atom stereocenters. The number of nitro groups is 1. The number of nitrogens with one attached hydrogen (secondary N) is 1. The van der Waals surface area contributed by atoms with Crippen LogP contribution in [0.4, 0.5) is 17.1 Å². The molecule has 0 unspecified atom stereocenters. The summed E-state index contributed by atoms with van der Waals surface area (Å²) >= 11 is 6.18. The minimum absolute atomic E-state index is 0.0638. The quantitative estimate of drug-likeness (QED) is 0.300. The zero-order valence-electron chi connectivity index (χ0n) is 17.9. The van der Waals surface area contributed by atoms with E-state index in [1.165, 1.54) is 18.2 Å². The number of hydrogen-bond donors (Lipinski definition) is 1. The number of nitrogens with zero attached hydrogens (tertiary/aromatic N) is 2. The van der Waals surface area contributed by atoms with Crippen LogP contribution < -0.4 is 10.2 Å². The first kappa shape index (κ1) is 22.6. The fourth-order valence-corrected chi connectivity index (χ4v) is 3.69. The molecule has 2 aromatic carbocycles. The summed E-state index contributed by atoms with van der Waals surface area (Å²) in [4.78, 5) is 25.4. The van der Waals surface area contributed by atoms with Crippen molar-refractivity contribution in [2.75, 3.05) is 36.5 Å². The van der Waals surface area contributed by atoms with Crippen LogP contribution in [0.2, 0.25) is 5.02 Å². The van der Waals surface area contributed by atoms with Gasteiger partial charge in [-0.3, -0.25) is 14.9 Å². The first-order chi connectivity index (χ1) is 15.9. The molecule has 1 aliphatic heterocycles. The molecule has 0 spiro atoms. The van der Waals surface area contributed by atoms with Gasteiger partial charge in [0.05, 0.1) is 18.1 Å². The molecule has 1 fully saturated rings. The van der Waals surface area contributed by atoms with Gasteiger partial charge >= 0.3 is 0 Å². The van der Waals surface area contributed by atoms with E-state index in [1.807, 2.05) is 30.0 Å². The number of benzene rings is 2. The van der Waals surface area contributed by atoms with E-state index in [-0.39, 0.29) is 5.69 Å². The minimum Gasteiger partial charge on any atom is -0.457 e. The van der Waals surface area contributed by atoms with Gasteiger partial charge in [-0.1, -0.05) is 23.7 Å². The maximum atomic E-state index is 12.4. The molecule has 8 nitrogen and oxygen atoms in total. The Hall–Kier alpha value is -3.62. The van der Waals surface area contributed by atoms with Crippen molar-refractivity contribution in [1.82, 2.24) is 0 Å². The lowest BCUT2D eigenvalue weighted by Gasteiger charge is -2.28. The monoisotopic (exact) mass is 467 g/mol. The first-order valence-electron chi connectivity index (χ1n) is 10.4. The number of aryl methyl sites for hydroxylation is 1. The van der Waals surface area contributed by atoms with Crippen LogP contribution in [-0.2, 0) is 9.53 Å². The molecular formula is C24H22ClN3O5. The third-order valence-corrected chi connectivity index (χ3v) is 5.68. The minimum atomic E-state index is -0.446. The average molecular weight is 468 g/mol. The number of carbonyl (C=O) groups is 1. The summed E-state index contributed by atoms with van der Waals surface area (Å²) in [6.45, 7) is 4.12. The number of morpholine rings is 1. The summed E-state index contributed by atoms with van der Waals surface area (Å²) < 4.78 is 11.1. The molecule has 0 radical (unpaired) electrons. The largest absolute Gasteiger partial charge is 0.457 e. The van der Waals surface area contributed by atoms with E-state index in [9.17, 15) is 14.9 Å². The Morgan fingerprint density at radius 1 is 1.15 bits per heavy atom. The number of ether oxygens (including phenoxy) is 1. The second-order valence-corrected chi connectivity index (χ2v) is 7.96. The second-order valence-electron chi connectivity index (χ2n) is 7.55. The van der Waals surface area contributed by atoms with Crippen molar-refractivity contribution in [3.8, 4) is 11.3 Å². The van der Waals surface area contributed by atoms with Crippen LogP contribution in [0.25, 0.3) is 17.4 Å². The van der Waals surface area contributed by atoms with Crippen LogP contribution in [0.5, 0.6) is 0 Å². The van der Waals surface area contributed by atoms with Gasteiger partial charge in [-0.25, -0.2) is 0 Å². The van der Waals surface area contributed by atoms with Gasteiger partial charge < -0.3 is 19.4 Å². The van der Waals surface area contributed by atoms with E-state index in [4.69, 9.17) is 20.8 Å². The van der Waals surface area contributed by atoms with Crippen molar-refractivity contribution in [1.29, 1.82) is 0 Å². The van der Waals surface area contributed by atoms with Crippen LogP contribution in [0.1, 0.15) is 11.3 Å². The second kappa shape index (κ2) is 9.89. The number of furan rings is 1. The van der Waals surface area contributed by atoms with Gasteiger partial charge in [0.15, 0.2) is 0 Å². The van der Waals surface area contributed by atoms with Crippen LogP contribution in [-0.4, -0.2) is 37.1 Å². The molecule has 0 bridgehead atoms. The fourth-order valence-electron chi connectivity index (χ4n) is 3.50. The van der Waals surface area contributed by atoms with E-state index < -0.39 is 10.8 Å². The maximum Gasteiger partial charge on any atom is 0.294 e. The van der Waals surface area contributed by atoms with Gasteiger partial charge in [0.2, 0.25) is 5.91 Å². The smallest absolute Gasteiger partial charge is 0.294 e. The Morgan fingerprint density at radius 3 is 2.67 bits per heavy atom. The molecule has 1 N–H and O–H groups in total. The van der Waals surface area contributed by atoms with Gasteiger partial charge in [0.25, 0.3) is 5.69 Å². The lowest BCUT2D eigenvalue weighted by Crippen LogP contribution is -2.36. The van der Waals surface area contributed by atoms with Gasteiger partial charge in [-0.05, 0) is 48.9 Å². The summed E-state index contributed by atoms with van der Waals surface area (Å²) in [7, 11) is 0. The molecule has 33 heavy (non-hydrogen) atoms. The van der Waals surface area contributed by atoms with Crippen LogP contribution in [0, 0.1) is 17.0 Å². The molecular weight excluding hydrogens is 446 g/mol. The van der Waals surface area contributed by atoms with Crippen molar-refractivity contribution in [2.24, 2.45) is 0 Å². The zero-order valence-corrected chi connectivity index (χ0v) is 18.7. The predicted octanol–water partition coefficient (Wildman–Crippen LogP) is 5.31. The van der Waals surface area contributed by atoms with Crippen molar-refractivity contribution in [3.63, 3.8) is 0 Å². The Kier molecular flexibility index (Phi) is 6.76. The maximum absolute atomic E-state index is 12.4. The Balaban J connectivity index is 1.44. The number of anilines is 2. The predicted molar refractivity (Wildman–Crippen MR) is 128 cm³/mol. The summed E-state index contributed by atoms with van der Waals surface area (Å²) in [5, 5.41) is 14.9. The normalized spacial score (nSPS) is 13.9. The molecule has 1 aromatic heterocycles. The number of halogens is 1. The third-order valence-electron chi connectivity index (χ3n) is 5.27. The molecule has 1 aliphatic rings. The Bertz CT molecular complexity index is 1210. The number of hydrogen-bond acceptors (Lipinski definition) is 6. The molecule has 9 heteroatoms. The summed E-state index contributed by atoms with van der Waals surface area (Å²) in [5.74, 6) is 0.691. The average Bonchev–Trinajstić information content (AvgIpc) is 3.29. The molecule has 170 valence electrons. The molecule has 0 saturated carbocycles. The van der Waals surface area contributed by atoms with Gasteiger partial charge in [0, 0.05) is 41.5 Å². The molecule has 3 aromatic rings. The standard InChI is InChI=1S/C24H22ClN3O5/c1-16-2-3-17(14-20(16)25)23-8-5-19(33-23)6-9-24(29)26-18-4-7-21(22(15-18)28(30)31)27-10-12-32-13-11-27/h2-9,14-15H,10-13H2,1H3,(H,26,29)/b9-6+. The highest BCUT2D eigenvalue weighted by Gasteiger charge is 2.22. The van der Waals surface area contributed by atoms with Gasteiger partial charge in [-0.2, -0.15) is 0 Å². The number of rotatable bonds is 6. The fraction of sp³-hybridized carbons (Fsp3) is 0.208. The summed E-state index contributed by atoms with van der Waals surface area (Å²) in [6, 6.07) is 13.8. The third kappa shape index (κ3) is 5.42. The van der Waals surface area contributed by atoms with E-state index in [2.05, 4.69) is 5.32 Å².